The molecule has 10 nitrogen and oxygen atoms in total. The van der Waals surface area contributed by atoms with Crippen molar-refractivity contribution in [1.29, 1.82) is 0 Å². The summed E-state index contributed by atoms with van der Waals surface area (Å²) in [5, 5.41) is 13.7. The molecule has 0 unspecified atom stereocenters. The molecule has 0 aliphatic carbocycles. The van der Waals surface area contributed by atoms with E-state index in [1.807, 2.05) is 30.3 Å². The molecule has 6 N–H and O–H groups in total. The lowest BCUT2D eigenvalue weighted by atomic mass is 10.2. The van der Waals surface area contributed by atoms with E-state index in [4.69, 9.17) is 29.1 Å². The molecule has 2 amide bonds. The summed E-state index contributed by atoms with van der Waals surface area (Å²) in [6.07, 6.45) is 0.168. The van der Waals surface area contributed by atoms with E-state index in [2.05, 4.69) is 10.6 Å². The Labute approximate surface area is 145 Å². The number of ether oxygens (including phenoxy) is 1. The van der Waals surface area contributed by atoms with E-state index in [9.17, 15) is 9.59 Å². The number of aliphatic hydroxyl groups is 1. The van der Waals surface area contributed by atoms with E-state index in [0.717, 1.165) is 5.56 Å². The van der Waals surface area contributed by atoms with Crippen molar-refractivity contribution in [2.45, 2.75) is 19.4 Å². The topological polar surface area (TPSA) is 165 Å². The minimum absolute atomic E-state index is 0.0460. The van der Waals surface area contributed by atoms with Crippen LogP contribution in [0.15, 0.2) is 30.3 Å². The Bertz CT molecular complexity index is 541. The average Bonchev–Trinajstić information content (AvgIpc) is 2.53. The molecule has 0 aliphatic rings. The first-order chi connectivity index (χ1) is 11.7. The van der Waals surface area contributed by atoms with Crippen LogP contribution < -0.4 is 10.6 Å². The first-order valence-corrected chi connectivity index (χ1v) is 8.89. The summed E-state index contributed by atoms with van der Waals surface area (Å²) in [6, 6.07) is 9.35. The van der Waals surface area contributed by atoms with Crippen LogP contribution in [0, 0.1) is 0 Å². The van der Waals surface area contributed by atoms with Crippen LogP contribution in [0.1, 0.15) is 18.4 Å². The fourth-order valence-electron chi connectivity index (χ4n) is 1.45. The van der Waals surface area contributed by atoms with Gasteiger partial charge >= 0.3 is 13.9 Å². The first-order valence-electron chi connectivity index (χ1n) is 7.32. The molecule has 0 radical (unpaired) electrons. The summed E-state index contributed by atoms with van der Waals surface area (Å²) < 4.78 is 13.9. The zero-order chi connectivity index (χ0) is 19.1. The average molecular weight is 378 g/mol. The predicted molar refractivity (Wildman–Crippen MR) is 88.2 cm³/mol. The Morgan fingerprint density at radius 3 is 2.20 bits per heavy atom. The molecule has 0 heterocycles. The number of hydrogen-bond acceptors (Lipinski definition) is 5. The van der Waals surface area contributed by atoms with Crippen LogP contribution in [0.5, 0.6) is 0 Å². The quantitative estimate of drug-likeness (QED) is 0.269. The van der Waals surface area contributed by atoms with Gasteiger partial charge in [-0.2, -0.15) is 0 Å². The number of phosphoric acid groups is 1. The van der Waals surface area contributed by atoms with Crippen LogP contribution in [0.4, 0.5) is 4.79 Å². The largest absolute Gasteiger partial charge is 0.466 e. The van der Waals surface area contributed by atoms with E-state index < -0.39 is 13.9 Å². The number of alkyl carbamates (subject to hydrolysis) is 1. The molecule has 25 heavy (non-hydrogen) atoms. The number of aliphatic hydroxyl groups excluding tert-OH is 1. The summed E-state index contributed by atoms with van der Waals surface area (Å²) >= 11 is 0. The molecule has 0 saturated heterocycles. The molecule has 1 aromatic rings. The van der Waals surface area contributed by atoms with Gasteiger partial charge in [0.25, 0.3) is 0 Å². The monoisotopic (exact) mass is 378 g/mol. The third kappa shape index (κ3) is 18.2. The van der Waals surface area contributed by atoms with Crippen molar-refractivity contribution >= 4 is 19.8 Å². The molecule has 0 fully saturated rings. The second-order valence-electron chi connectivity index (χ2n) is 4.68. The fraction of sp³-hybridized carbons (Fsp3) is 0.429. The lowest BCUT2D eigenvalue weighted by molar-refractivity contribution is -0.120. The minimum Gasteiger partial charge on any atom is -0.445 e. The predicted octanol–water partition coefficient (Wildman–Crippen LogP) is -0.127. The molecule has 11 heteroatoms. The number of hydrogen-bond donors (Lipinski definition) is 6. The van der Waals surface area contributed by atoms with Gasteiger partial charge in [-0.05, 0) is 12.0 Å². The van der Waals surface area contributed by atoms with Crippen LogP contribution in [-0.2, 0) is 20.7 Å². The van der Waals surface area contributed by atoms with Gasteiger partial charge in [0.15, 0.2) is 0 Å². The third-order valence-corrected chi connectivity index (χ3v) is 2.49. The van der Waals surface area contributed by atoms with E-state index >= 15 is 0 Å². The van der Waals surface area contributed by atoms with Crippen molar-refractivity contribution in [3.63, 3.8) is 0 Å². The Morgan fingerprint density at radius 2 is 1.64 bits per heavy atom. The highest BCUT2D eigenvalue weighted by molar-refractivity contribution is 7.45. The lowest BCUT2D eigenvalue weighted by Gasteiger charge is -2.07. The summed E-state index contributed by atoms with van der Waals surface area (Å²) in [7, 11) is -4.64. The second kappa shape index (κ2) is 13.3. The van der Waals surface area contributed by atoms with E-state index in [1.165, 1.54) is 0 Å². The van der Waals surface area contributed by atoms with Gasteiger partial charge in [0.2, 0.25) is 5.91 Å². The van der Waals surface area contributed by atoms with Gasteiger partial charge in [0.05, 0.1) is 0 Å². The highest BCUT2D eigenvalue weighted by Gasteiger charge is 2.04. The van der Waals surface area contributed by atoms with E-state index in [1.54, 1.807) is 0 Å². The molecular formula is C14H23N2O8P. The number of carbonyl (C=O) groups is 2. The standard InChI is InChI=1S/C14H20N2O4.H3O4P/c17-10-4-8-15-13(18)7-9-16-14(19)20-11-12-5-2-1-3-6-12;1-5(2,3)4/h1-3,5-6,17H,4,7-11H2,(H,15,18)(H,16,19);(H3,1,2,3,4). The smallest absolute Gasteiger partial charge is 0.445 e. The van der Waals surface area contributed by atoms with Crippen LogP contribution in [0.3, 0.4) is 0 Å². The number of amides is 2. The zero-order valence-corrected chi connectivity index (χ0v) is 14.4. The Hall–Kier alpha value is -1.97. The van der Waals surface area contributed by atoms with Gasteiger partial charge in [-0.1, -0.05) is 30.3 Å². The molecular weight excluding hydrogens is 355 g/mol. The van der Waals surface area contributed by atoms with Crippen molar-refractivity contribution in [3.05, 3.63) is 35.9 Å². The zero-order valence-electron chi connectivity index (χ0n) is 13.5. The number of nitrogens with one attached hydrogen (secondary N) is 2. The van der Waals surface area contributed by atoms with Crippen molar-refractivity contribution in [1.82, 2.24) is 10.6 Å². The van der Waals surface area contributed by atoms with Crippen LogP contribution in [0.25, 0.3) is 0 Å². The minimum atomic E-state index is -4.64. The van der Waals surface area contributed by atoms with Crippen LogP contribution >= 0.6 is 7.82 Å². The summed E-state index contributed by atoms with van der Waals surface area (Å²) in [5.41, 5.74) is 0.907. The normalized spacial score (nSPS) is 10.2. The molecule has 0 atom stereocenters. The number of rotatable bonds is 8. The van der Waals surface area contributed by atoms with E-state index in [-0.39, 0.29) is 32.1 Å². The van der Waals surface area contributed by atoms with Gasteiger partial charge in [-0.25, -0.2) is 9.36 Å². The third-order valence-electron chi connectivity index (χ3n) is 2.49. The summed E-state index contributed by atoms with van der Waals surface area (Å²) in [4.78, 5) is 44.2. The van der Waals surface area contributed by atoms with Gasteiger partial charge in [0.1, 0.15) is 6.61 Å². The number of carbonyl (C=O) groups excluding carboxylic acids is 2. The SMILES string of the molecule is O=C(CCNC(=O)OCc1ccccc1)NCCCO.O=P(O)(O)O. The van der Waals surface area contributed by atoms with Gasteiger partial charge in [-0.3, -0.25) is 4.79 Å². The number of benzene rings is 1. The lowest BCUT2D eigenvalue weighted by Crippen LogP contribution is -2.31. The van der Waals surface area contributed by atoms with Gasteiger partial charge in [-0.15, -0.1) is 0 Å². The maximum absolute atomic E-state index is 11.4. The highest BCUT2D eigenvalue weighted by Crippen LogP contribution is 2.25. The molecule has 0 bridgehead atoms. The Balaban J connectivity index is 0.00000101. The van der Waals surface area contributed by atoms with Gasteiger partial charge in [0, 0.05) is 26.1 Å². The first kappa shape index (κ1) is 23.0. The van der Waals surface area contributed by atoms with E-state index in [0.29, 0.717) is 13.0 Å². The van der Waals surface area contributed by atoms with Crippen LogP contribution in [-0.4, -0.2) is 51.5 Å². The highest BCUT2D eigenvalue weighted by atomic mass is 31.2. The van der Waals surface area contributed by atoms with Crippen molar-refractivity contribution in [2.75, 3.05) is 19.7 Å². The molecule has 0 spiro atoms. The van der Waals surface area contributed by atoms with Crippen molar-refractivity contribution in [3.8, 4) is 0 Å². The molecule has 0 aliphatic heterocycles. The molecule has 0 aromatic heterocycles. The molecule has 1 aromatic carbocycles. The Kier molecular flexibility index (Phi) is 12.3. The van der Waals surface area contributed by atoms with Crippen LogP contribution in [0.2, 0.25) is 0 Å². The Morgan fingerprint density at radius 1 is 1.04 bits per heavy atom. The molecule has 0 saturated carbocycles. The summed E-state index contributed by atoms with van der Waals surface area (Å²) in [5.74, 6) is -0.165. The molecule has 142 valence electrons. The summed E-state index contributed by atoms with van der Waals surface area (Å²) in [6.45, 7) is 0.909. The molecule has 1 rings (SSSR count). The van der Waals surface area contributed by atoms with Gasteiger partial charge < -0.3 is 35.2 Å². The maximum Gasteiger partial charge on any atom is 0.466 e. The van der Waals surface area contributed by atoms with Crippen molar-refractivity contribution < 1.29 is 38.7 Å². The second-order valence-corrected chi connectivity index (χ2v) is 5.71. The maximum atomic E-state index is 11.4. The fourth-order valence-corrected chi connectivity index (χ4v) is 1.45. The van der Waals surface area contributed by atoms with Crippen molar-refractivity contribution in [2.24, 2.45) is 0 Å².